The van der Waals surface area contributed by atoms with E-state index >= 15 is 0 Å². The average molecular weight is 190 g/mol. The predicted octanol–water partition coefficient (Wildman–Crippen LogP) is 2.00. The molecule has 2 aliphatic carbocycles. The van der Waals surface area contributed by atoms with E-state index in [9.17, 15) is 0 Å². The molecule has 3 unspecified atom stereocenters. The Kier molecular flexibility index (Phi) is 3.00. The van der Waals surface area contributed by atoms with E-state index in [1.54, 1.807) is 25.7 Å². The summed E-state index contributed by atoms with van der Waals surface area (Å²) >= 11 is 0. The van der Waals surface area contributed by atoms with E-state index in [4.69, 9.17) is 0 Å². The molecule has 0 aliphatic heterocycles. The van der Waals surface area contributed by atoms with E-state index in [-0.39, 0.29) is 0 Å². The molecule has 2 rings (SSSR count). The maximum Gasteiger partial charge on any atom is 0.0995 e. The monoisotopic (exact) mass is 190 g/mol. The predicted molar refractivity (Wildman–Crippen MR) is 68.2 cm³/mol. The minimum Gasteiger partial charge on any atom is -0.0820 e. The summed E-state index contributed by atoms with van der Waals surface area (Å²) in [5.74, 6) is 3.25. The lowest BCUT2D eigenvalue weighted by Crippen LogP contribution is -2.31. The van der Waals surface area contributed by atoms with Crippen molar-refractivity contribution >= 4 is 15.7 Å². The summed E-state index contributed by atoms with van der Waals surface area (Å²) < 4.78 is 0. The van der Waals surface area contributed by atoms with Gasteiger partial charge in [0, 0.05) is 0 Å². The Morgan fingerprint density at radius 2 is 1.79 bits per heavy atom. The van der Waals surface area contributed by atoms with Gasteiger partial charge < -0.3 is 0 Å². The van der Waals surface area contributed by atoms with E-state index in [0.717, 1.165) is 17.8 Å². The summed E-state index contributed by atoms with van der Waals surface area (Å²) in [7, 11) is 4.96. The molecule has 2 fully saturated rings. The Hall–Kier alpha value is 0.130. The first kappa shape index (κ1) is 10.6. The first-order valence-electron chi connectivity index (χ1n) is 6.63. The highest BCUT2D eigenvalue weighted by molar-refractivity contribution is 6.39. The van der Waals surface area contributed by atoms with Crippen LogP contribution in [0.3, 0.4) is 0 Å². The van der Waals surface area contributed by atoms with Crippen LogP contribution in [0.2, 0.25) is 5.21 Å². The van der Waals surface area contributed by atoms with Crippen LogP contribution in [-0.4, -0.2) is 15.7 Å². The lowest BCUT2D eigenvalue weighted by molar-refractivity contribution is 0.189. The molecular weight excluding hydrogens is 166 g/mol. The molecule has 3 atom stereocenters. The Labute approximate surface area is 91.0 Å². The van der Waals surface area contributed by atoms with Crippen molar-refractivity contribution in [2.45, 2.75) is 57.1 Å². The van der Waals surface area contributed by atoms with Crippen LogP contribution in [0.5, 0.6) is 0 Å². The molecule has 0 heterocycles. The fraction of sp³-hybridized carbons (Fsp3) is 1.00. The Balaban J connectivity index is 1.97. The van der Waals surface area contributed by atoms with Crippen molar-refractivity contribution in [2.24, 2.45) is 17.8 Å². The molecule has 0 amide bonds. The van der Waals surface area contributed by atoms with Crippen LogP contribution in [0.25, 0.3) is 0 Å². The smallest absolute Gasteiger partial charge is 0.0820 e. The normalized spacial score (nSPS) is 38.2. The largest absolute Gasteiger partial charge is 0.0995 e. The molecule has 2 heteroatoms. The van der Waals surface area contributed by atoms with Crippen LogP contribution in [0.1, 0.15) is 51.9 Å². The Morgan fingerprint density at radius 3 is 2.50 bits per heavy atom. The minimum absolute atomic E-state index is 0.605. The Bertz CT molecular complexity index is 200. The van der Waals surface area contributed by atoms with Crippen molar-refractivity contribution in [1.29, 1.82) is 0 Å². The first-order valence-corrected chi connectivity index (χ1v) is 6.63. The number of rotatable bonds is 2. The molecule has 0 aromatic heterocycles. The van der Waals surface area contributed by atoms with Crippen LogP contribution >= 0.6 is 0 Å². The molecule has 78 valence electrons. The molecule has 14 heavy (non-hydrogen) atoms. The van der Waals surface area contributed by atoms with E-state index in [1.807, 2.05) is 0 Å². The second-order valence-corrected chi connectivity index (χ2v) is 6.30. The van der Waals surface area contributed by atoms with Gasteiger partial charge in [0.05, 0.1) is 15.7 Å². The molecule has 2 saturated carbocycles. The van der Waals surface area contributed by atoms with E-state index in [2.05, 4.69) is 22.6 Å². The number of fused-ring (bicyclic) bond motifs is 1. The highest BCUT2D eigenvalue weighted by Gasteiger charge is 2.38. The van der Waals surface area contributed by atoms with Crippen LogP contribution in [-0.2, 0) is 0 Å². The van der Waals surface area contributed by atoms with Gasteiger partial charge >= 0.3 is 0 Å². The second kappa shape index (κ2) is 3.94. The van der Waals surface area contributed by atoms with Gasteiger partial charge in [-0.3, -0.25) is 0 Å². The Morgan fingerprint density at radius 1 is 1.07 bits per heavy atom. The standard InChI is InChI=1S/C12H24B2/c1-2-12(13,14)11-7-6-9-4-3-5-10(9)8-11/h9-11H,2-8,13-14H2,1H3. The van der Waals surface area contributed by atoms with Crippen molar-refractivity contribution < 1.29 is 0 Å². The highest BCUT2D eigenvalue weighted by Crippen LogP contribution is 2.50. The van der Waals surface area contributed by atoms with Gasteiger partial charge in [-0.05, 0) is 30.6 Å². The molecule has 0 N–H and O–H groups in total. The van der Waals surface area contributed by atoms with Gasteiger partial charge in [-0.25, -0.2) is 0 Å². The zero-order valence-corrected chi connectivity index (χ0v) is 10.2. The summed E-state index contributed by atoms with van der Waals surface area (Å²) in [6.45, 7) is 2.36. The fourth-order valence-corrected chi connectivity index (χ4v) is 3.70. The van der Waals surface area contributed by atoms with E-state index < -0.39 is 0 Å². The van der Waals surface area contributed by atoms with Gasteiger partial charge in [-0.2, -0.15) is 0 Å². The summed E-state index contributed by atoms with van der Waals surface area (Å²) in [5, 5.41) is 0.605. The molecule has 2 aliphatic rings. The molecule has 0 aromatic carbocycles. The maximum absolute atomic E-state index is 2.48. The summed E-state index contributed by atoms with van der Waals surface area (Å²) in [6, 6.07) is 0. The van der Waals surface area contributed by atoms with Crippen molar-refractivity contribution in [1.82, 2.24) is 0 Å². The van der Waals surface area contributed by atoms with Crippen LogP contribution in [0.15, 0.2) is 0 Å². The van der Waals surface area contributed by atoms with Gasteiger partial charge in [-0.15, -0.1) is 0 Å². The average Bonchev–Trinajstić information content (AvgIpc) is 2.64. The minimum atomic E-state index is 0.605. The van der Waals surface area contributed by atoms with E-state index in [0.29, 0.717) is 5.21 Å². The van der Waals surface area contributed by atoms with Gasteiger partial charge in [0.2, 0.25) is 0 Å². The number of hydrogen-bond acceptors (Lipinski definition) is 0. The summed E-state index contributed by atoms with van der Waals surface area (Å²) in [5.41, 5.74) is 0. The quantitative estimate of drug-likeness (QED) is 0.584. The van der Waals surface area contributed by atoms with Crippen molar-refractivity contribution in [3.63, 3.8) is 0 Å². The van der Waals surface area contributed by atoms with E-state index in [1.165, 1.54) is 19.3 Å². The van der Waals surface area contributed by atoms with Crippen LogP contribution in [0.4, 0.5) is 0 Å². The van der Waals surface area contributed by atoms with Crippen molar-refractivity contribution in [3.8, 4) is 0 Å². The maximum atomic E-state index is 2.48. The molecule has 0 aromatic rings. The van der Waals surface area contributed by atoms with Gasteiger partial charge in [-0.1, -0.05) is 44.2 Å². The molecule has 0 radical (unpaired) electrons. The SMILES string of the molecule is BC(B)(CC)C1CCC2CCCC2C1. The van der Waals surface area contributed by atoms with Crippen LogP contribution < -0.4 is 0 Å². The highest BCUT2D eigenvalue weighted by atomic mass is 14.4. The van der Waals surface area contributed by atoms with Crippen molar-refractivity contribution in [3.05, 3.63) is 0 Å². The third-order valence-corrected chi connectivity index (χ3v) is 5.31. The number of hydrogen-bond donors (Lipinski definition) is 0. The topological polar surface area (TPSA) is 0 Å². The third-order valence-electron chi connectivity index (χ3n) is 5.31. The summed E-state index contributed by atoms with van der Waals surface area (Å²) in [6.07, 6.45) is 10.6. The second-order valence-electron chi connectivity index (χ2n) is 6.30. The molecule has 0 saturated heterocycles. The van der Waals surface area contributed by atoms with Crippen LogP contribution in [0, 0.1) is 17.8 Å². The zero-order chi connectivity index (χ0) is 10.2. The molecule has 0 nitrogen and oxygen atoms in total. The molecule has 0 bridgehead atoms. The first-order chi connectivity index (χ1) is 6.63. The molecular formula is C12H24B2. The third kappa shape index (κ3) is 1.90. The van der Waals surface area contributed by atoms with Gasteiger partial charge in [0.25, 0.3) is 0 Å². The van der Waals surface area contributed by atoms with Gasteiger partial charge in [0.1, 0.15) is 0 Å². The zero-order valence-electron chi connectivity index (χ0n) is 10.2. The summed E-state index contributed by atoms with van der Waals surface area (Å²) in [4.78, 5) is 0. The lowest BCUT2D eigenvalue weighted by Gasteiger charge is -2.41. The van der Waals surface area contributed by atoms with Crippen molar-refractivity contribution in [2.75, 3.05) is 0 Å². The lowest BCUT2D eigenvalue weighted by atomic mass is 9.44. The fourth-order valence-electron chi connectivity index (χ4n) is 3.70. The molecule has 0 spiro atoms. The van der Waals surface area contributed by atoms with Gasteiger partial charge in [0.15, 0.2) is 0 Å².